The maximum atomic E-state index is 9.60. The number of halogens is 1. The zero-order chi connectivity index (χ0) is 16.5. The number of nitrogens with zero attached hydrogens (tertiary/aromatic N) is 2. The smallest absolute Gasteiger partial charge is 0.191 e. The van der Waals surface area contributed by atoms with Crippen LogP contribution in [0.5, 0.6) is 0 Å². The van der Waals surface area contributed by atoms with E-state index in [4.69, 9.17) is 0 Å². The van der Waals surface area contributed by atoms with Crippen molar-refractivity contribution in [1.29, 1.82) is 0 Å². The molecule has 1 saturated carbocycles. The molecule has 5 nitrogen and oxygen atoms in total. The van der Waals surface area contributed by atoms with Gasteiger partial charge in [0.2, 0.25) is 0 Å². The Hall–Kier alpha value is -1.02. The normalized spacial score (nSPS) is 20.9. The Bertz CT molecular complexity index is 475. The third kappa shape index (κ3) is 7.25. The van der Waals surface area contributed by atoms with E-state index < -0.39 is 0 Å². The van der Waals surface area contributed by atoms with Gasteiger partial charge in [-0.3, -0.25) is 4.99 Å². The van der Waals surface area contributed by atoms with E-state index in [1.54, 1.807) is 0 Å². The molecule has 24 heavy (non-hydrogen) atoms. The predicted octanol–water partition coefficient (Wildman–Crippen LogP) is 2.60. The Morgan fingerprint density at radius 1 is 1.21 bits per heavy atom. The van der Waals surface area contributed by atoms with Crippen molar-refractivity contribution < 1.29 is 5.11 Å². The van der Waals surface area contributed by atoms with Crippen LogP contribution < -0.4 is 15.5 Å². The Morgan fingerprint density at radius 2 is 1.88 bits per heavy atom. The topological polar surface area (TPSA) is 59.9 Å². The number of benzene rings is 1. The SMILES string of the molecule is CCNC(=NCCN(C)c1ccccc1)NC1CCC(O)CC1.I. The van der Waals surface area contributed by atoms with Gasteiger partial charge in [-0.15, -0.1) is 24.0 Å². The number of rotatable bonds is 6. The van der Waals surface area contributed by atoms with Gasteiger partial charge in [0, 0.05) is 31.9 Å². The second kappa shape index (κ2) is 11.5. The molecule has 0 saturated heterocycles. The number of hydrogen-bond acceptors (Lipinski definition) is 3. The third-order valence-corrected chi connectivity index (χ3v) is 4.28. The standard InChI is InChI=1S/C18H30N4O.HI/c1-3-19-18(21-15-9-11-17(23)12-10-15)20-13-14-22(2)16-7-5-4-6-8-16;/h4-8,15,17,23H,3,9-14H2,1-2H3,(H2,19,20,21);1H. The summed E-state index contributed by atoms with van der Waals surface area (Å²) in [6, 6.07) is 10.8. The van der Waals surface area contributed by atoms with E-state index in [0.29, 0.717) is 6.04 Å². The third-order valence-electron chi connectivity index (χ3n) is 4.28. The lowest BCUT2D eigenvalue weighted by Crippen LogP contribution is -2.45. The largest absolute Gasteiger partial charge is 0.393 e. The summed E-state index contributed by atoms with van der Waals surface area (Å²) in [4.78, 5) is 6.89. The van der Waals surface area contributed by atoms with Gasteiger partial charge in [0.25, 0.3) is 0 Å². The van der Waals surface area contributed by atoms with Crippen LogP contribution in [0.15, 0.2) is 35.3 Å². The van der Waals surface area contributed by atoms with Crippen LogP contribution in [0, 0.1) is 0 Å². The van der Waals surface area contributed by atoms with E-state index in [0.717, 1.165) is 51.3 Å². The summed E-state index contributed by atoms with van der Waals surface area (Å²) in [5.74, 6) is 0.885. The number of nitrogens with one attached hydrogen (secondary N) is 2. The zero-order valence-corrected chi connectivity index (χ0v) is 17.1. The first-order chi connectivity index (χ1) is 11.2. The van der Waals surface area contributed by atoms with Crippen LogP contribution in [0.2, 0.25) is 0 Å². The molecule has 0 bridgehead atoms. The summed E-state index contributed by atoms with van der Waals surface area (Å²) in [7, 11) is 2.09. The van der Waals surface area contributed by atoms with Gasteiger partial charge in [-0.1, -0.05) is 18.2 Å². The molecule has 0 amide bonds. The second-order valence-corrected chi connectivity index (χ2v) is 6.17. The number of guanidine groups is 1. The molecule has 0 aliphatic heterocycles. The predicted molar refractivity (Wildman–Crippen MR) is 113 cm³/mol. The molecule has 1 fully saturated rings. The molecule has 3 N–H and O–H groups in total. The first-order valence-electron chi connectivity index (χ1n) is 8.68. The quantitative estimate of drug-likeness (QED) is 0.357. The molecule has 0 radical (unpaired) electrons. The number of aliphatic imine (C=N–C) groups is 1. The van der Waals surface area contributed by atoms with Crippen molar-refractivity contribution in [2.75, 3.05) is 31.6 Å². The molecule has 0 unspecified atom stereocenters. The van der Waals surface area contributed by atoms with Crippen LogP contribution in [-0.4, -0.2) is 49.9 Å². The van der Waals surface area contributed by atoms with Crippen LogP contribution in [0.3, 0.4) is 0 Å². The van der Waals surface area contributed by atoms with Crippen molar-refractivity contribution in [3.05, 3.63) is 30.3 Å². The maximum absolute atomic E-state index is 9.60. The minimum atomic E-state index is -0.118. The number of hydrogen-bond donors (Lipinski definition) is 3. The summed E-state index contributed by atoms with van der Waals surface area (Å²) < 4.78 is 0. The molecule has 0 aromatic heterocycles. The summed E-state index contributed by atoms with van der Waals surface area (Å²) in [6.45, 7) is 4.56. The number of likely N-dealkylation sites (N-methyl/N-ethyl adjacent to an activating group) is 1. The first-order valence-corrected chi connectivity index (χ1v) is 8.68. The molecule has 1 aliphatic carbocycles. The monoisotopic (exact) mass is 446 g/mol. The van der Waals surface area contributed by atoms with Crippen molar-refractivity contribution in [1.82, 2.24) is 10.6 Å². The highest BCUT2D eigenvalue weighted by molar-refractivity contribution is 14.0. The van der Waals surface area contributed by atoms with Gasteiger partial charge < -0.3 is 20.6 Å². The van der Waals surface area contributed by atoms with Gasteiger partial charge in [0.1, 0.15) is 0 Å². The fourth-order valence-electron chi connectivity index (χ4n) is 2.86. The molecule has 0 heterocycles. The Labute approximate surface area is 162 Å². The van der Waals surface area contributed by atoms with Gasteiger partial charge in [0.05, 0.1) is 12.6 Å². The van der Waals surface area contributed by atoms with E-state index >= 15 is 0 Å². The fraction of sp³-hybridized carbons (Fsp3) is 0.611. The molecule has 1 aromatic rings. The zero-order valence-electron chi connectivity index (χ0n) is 14.7. The highest BCUT2D eigenvalue weighted by Crippen LogP contribution is 2.18. The summed E-state index contributed by atoms with van der Waals surface area (Å²) >= 11 is 0. The Morgan fingerprint density at radius 3 is 2.50 bits per heavy atom. The van der Waals surface area contributed by atoms with E-state index in [1.807, 2.05) is 6.07 Å². The lowest BCUT2D eigenvalue weighted by atomic mass is 9.93. The van der Waals surface area contributed by atoms with E-state index in [-0.39, 0.29) is 30.1 Å². The molecular formula is C18H31IN4O. The lowest BCUT2D eigenvalue weighted by Gasteiger charge is -2.27. The van der Waals surface area contributed by atoms with Crippen molar-refractivity contribution in [2.24, 2.45) is 4.99 Å². The lowest BCUT2D eigenvalue weighted by molar-refractivity contribution is 0.120. The molecule has 0 spiro atoms. The van der Waals surface area contributed by atoms with Crippen molar-refractivity contribution in [2.45, 2.75) is 44.8 Å². The van der Waals surface area contributed by atoms with Crippen LogP contribution in [-0.2, 0) is 0 Å². The molecule has 0 atom stereocenters. The molecule has 6 heteroatoms. The molecule has 1 aliphatic rings. The van der Waals surface area contributed by atoms with E-state index in [1.165, 1.54) is 5.69 Å². The molecular weight excluding hydrogens is 415 g/mol. The fourth-order valence-corrected chi connectivity index (χ4v) is 2.86. The van der Waals surface area contributed by atoms with Crippen LogP contribution in [0.1, 0.15) is 32.6 Å². The van der Waals surface area contributed by atoms with Gasteiger partial charge in [-0.05, 0) is 44.7 Å². The summed E-state index contributed by atoms with van der Waals surface area (Å²) in [6.07, 6.45) is 3.67. The van der Waals surface area contributed by atoms with Gasteiger partial charge in [-0.2, -0.15) is 0 Å². The number of para-hydroxylation sites is 1. The summed E-state index contributed by atoms with van der Waals surface area (Å²) in [5, 5.41) is 16.4. The minimum absolute atomic E-state index is 0. The number of aliphatic hydroxyl groups excluding tert-OH is 1. The van der Waals surface area contributed by atoms with E-state index in [9.17, 15) is 5.11 Å². The molecule has 1 aromatic carbocycles. The van der Waals surface area contributed by atoms with Crippen molar-refractivity contribution in [3.63, 3.8) is 0 Å². The maximum Gasteiger partial charge on any atom is 0.191 e. The van der Waals surface area contributed by atoms with Crippen molar-refractivity contribution >= 4 is 35.6 Å². The second-order valence-electron chi connectivity index (χ2n) is 6.17. The average molecular weight is 446 g/mol. The van der Waals surface area contributed by atoms with E-state index in [2.05, 4.69) is 58.8 Å². The van der Waals surface area contributed by atoms with Crippen molar-refractivity contribution in [3.8, 4) is 0 Å². The number of aliphatic hydroxyl groups is 1. The van der Waals surface area contributed by atoms with Gasteiger partial charge >= 0.3 is 0 Å². The average Bonchev–Trinajstić information content (AvgIpc) is 2.58. The van der Waals surface area contributed by atoms with Crippen LogP contribution >= 0.6 is 24.0 Å². The highest BCUT2D eigenvalue weighted by atomic mass is 127. The first kappa shape index (κ1) is 21.0. The summed E-state index contributed by atoms with van der Waals surface area (Å²) in [5.41, 5.74) is 1.21. The Balaban J connectivity index is 0.00000288. The van der Waals surface area contributed by atoms with Crippen LogP contribution in [0.4, 0.5) is 5.69 Å². The Kier molecular flexibility index (Phi) is 10.1. The van der Waals surface area contributed by atoms with Gasteiger partial charge in [-0.25, -0.2) is 0 Å². The molecule has 2 rings (SSSR count). The number of anilines is 1. The highest BCUT2D eigenvalue weighted by Gasteiger charge is 2.19. The van der Waals surface area contributed by atoms with Crippen LogP contribution in [0.25, 0.3) is 0 Å². The molecule has 136 valence electrons. The van der Waals surface area contributed by atoms with Gasteiger partial charge in [0.15, 0.2) is 5.96 Å². The minimum Gasteiger partial charge on any atom is -0.393 e.